The average Bonchev–Trinajstić information content (AvgIpc) is 3.07. The number of rotatable bonds is 18. The summed E-state index contributed by atoms with van der Waals surface area (Å²) in [4.78, 5) is 41.7. The van der Waals surface area contributed by atoms with Crippen molar-refractivity contribution in [2.75, 3.05) is 32.2 Å². The Kier molecular flexibility index (Phi) is 14.5. The Hall–Kier alpha value is -4.14. The maximum atomic E-state index is 13.6. The molecule has 0 heterocycles. The number of ether oxygens (including phenoxy) is 1. The zero-order valence-electron chi connectivity index (χ0n) is 28.6. The lowest BCUT2D eigenvalue weighted by molar-refractivity contribution is -0.145. The molecule has 2 atom stereocenters. The molecule has 2 amide bonds. The number of hydrogen-bond acceptors (Lipinski definition) is 6. The molecule has 0 spiro atoms. The first kappa shape index (κ1) is 36.7. The van der Waals surface area contributed by atoms with Crippen molar-refractivity contribution in [3.05, 3.63) is 119 Å². The van der Waals surface area contributed by atoms with Crippen LogP contribution in [0.3, 0.4) is 0 Å². The lowest BCUT2D eigenvalue weighted by atomic mass is 9.97. The van der Waals surface area contributed by atoms with Gasteiger partial charge in [-0.15, -0.1) is 0 Å². The number of esters is 1. The van der Waals surface area contributed by atoms with Crippen LogP contribution in [0.1, 0.15) is 48.9 Å². The standard InChI is InChI=1S/C40H49N3O4S/c1-29(2)23-35(41-38(44)25-33-17-9-8-16-32(33)24-30-13-6-5-7-14-30)27-43(26-34-19-12-18-31-15-10-11-20-36(31)34)28-39(45)42-37(21-22-48-4)40(46)47-3/h5-20,29,35,37H,21-28H2,1-4H3,(H,41,44)(H,42,45)/t35-,37-/m0/s1. The van der Waals surface area contributed by atoms with Crippen LogP contribution in [0.5, 0.6) is 0 Å². The minimum absolute atomic E-state index is 0.0430. The molecule has 0 aromatic heterocycles. The molecule has 4 aromatic rings. The van der Waals surface area contributed by atoms with E-state index in [0.717, 1.165) is 46.1 Å². The van der Waals surface area contributed by atoms with Gasteiger partial charge in [0.15, 0.2) is 0 Å². The van der Waals surface area contributed by atoms with Crippen LogP contribution in [0.15, 0.2) is 97.1 Å². The van der Waals surface area contributed by atoms with E-state index in [-0.39, 0.29) is 30.8 Å². The van der Waals surface area contributed by atoms with Crippen molar-refractivity contribution in [3.63, 3.8) is 0 Å². The number of amides is 2. The van der Waals surface area contributed by atoms with E-state index in [1.165, 1.54) is 12.7 Å². The first-order valence-corrected chi connectivity index (χ1v) is 18.1. The normalized spacial score (nSPS) is 12.5. The molecule has 0 aliphatic rings. The number of nitrogens with one attached hydrogen (secondary N) is 2. The quantitative estimate of drug-likeness (QED) is 0.119. The van der Waals surface area contributed by atoms with Crippen LogP contribution in [0.25, 0.3) is 10.8 Å². The zero-order chi connectivity index (χ0) is 34.3. The molecule has 0 aliphatic carbocycles. The number of fused-ring (bicyclic) bond motifs is 1. The second kappa shape index (κ2) is 19.0. The van der Waals surface area contributed by atoms with Gasteiger partial charge in [0.25, 0.3) is 0 Å². The first-order chi connectivity index (χ1) is 23.2. The van der Waals surface area contributed by atoms with Gasteiger partial charge in [-0.3, -0.25) is 14.5 Å². The van der Waals surface area contributed by atoms with E-state index in [1.807, 2.05) is 60.9 Å². The summed E-state index contributed by atoms with van der Waals surface area (Å²) in [5.41, 5.74) is 4.44. The van der Waals surface area contributed by atoms with Crippen molar-refractivity contribution in [3.8, 4) is 0 Å². The summed E-state index contributed by atoms with van der Waals surface area (Å²) in [6, 6.07) is 31.9. The van der Waals surface area contributed by atoms with Gasteiger partial charge in [0, 0.05) is 19.1 Å². The Labute approximate surface area is 289 Å². The number of methoxy groups -OCH3 is 1. The van der Waals surface area contributed by atoms with Crippen LogP contribution in [0.2, 0.25) is 0 Å². The third-order valence-corrected chi connectivity index (χ3v) is 9.02. The van der Waals surface area contributed by atoms with Crippen molar-refractivity contribution >= 4 is 40.3 Å². The predicted octanol–water partition coefficient (Wildman–Crippen LogP) is 6.42. The molecule has 254 valence electrons. The molecule has 7 nitrogen and oxygen atoms in total. The van der Waals surface area contributed by atoms with Gasteiger partial charge < -0.3 is 15.4 Å². The topological polar surface area (TPSA) is 87.7 Å². The fourth-order valence-electron chi connectivity index (χ4n) is 6.16. The summed E-state index contributed by atoms with van der Waals surface area (Å²) < 4.78 is 4.98. The average molecular weight is 668 g/mol. The van der Waals surface area contributed by atoms with Crippen LogP contribution in [0, 0.1) is 5.92 Å². The predicted molar refractivity (Wildman–Crippen MR) is 197 cm³/mol. The smallest absolute Gasteiger partial charge is 0.328 e. The monoisotopic (exact) mass is 667 g/mol. The van der Waals surface area contributed by atoms with E-state index >= 15 is 0 Å². The third kappa shape index (κ3) is 11.5. The Morgan fingerprint density at radius 1 is 0.792 bits per heavy atom. The summed E-state index contributed by atoms with van der Waals surface area (Å²) in [5, 5.41) is 8.49. The van der Waals surface area contributed by atoms with Gasteiger partial charge in [0.2, 0.25) is 11.8 Å². The minimum atomic E-state index is -0.712. The van der Waals surface area contributed by atoms with E-state index in [0.29, 0.717) is 25.4 Å². The maximum absolute atomic E-state index is 13.6. The van der Waals surface area contributed by atoms with E-state index in [4.69, 9.17) is 4.74 Å². The molecule has 2 N–H and O–H groups in total. The number of carbonyl (C=O) groups is 3. The highest BCUT2D eigenvalue weighted by atomic mass is 32.2. The van der Waals surface area contributed by atoms with Crippen LogP contribution < -0.4 is 10.6 Å². The summed E-state index contributed by atoms with van der Waals surface area (Å²) >= 11 is 1.61. The van der Waals surface area contributed by atoms with Gasteiger partial charge in [-0.25, -0.2) is 4.79 Å². The number of benzene rings is 4. The van der Waals surface area contributed by atoms with E-state index in [1.54, 1.807) is 11.8 Å². The lowest BCUT2D eigenvalue weighted by Gasteiger charge is -2.30. The molecule has 0 bridgehead atoms. The Morgan fingerprint density at radius 2 is 1.46 bits per heavy atom. The Balaban J connectivity index is 1.54. The van der Waals surface area contributed by atoms with Crippen molar-refractivity contribution in [1.82, 2.24) is 15.5 Å². The lowest BCUT2D eigenvalue weighted by Crippen LogP contribution is -2.50. The van der Waals surface area contributed by atoms with Gasteiger partial charge in [-0.05, 0) is 70.2 Å². The van der Waals surface area contributed by atoms with Crippen LogP contribution in [-0.4, -0.2) is 67.0 Å². The highest BCUT2D eigenvalue weighted by Crippen LogP contribution is 2.21. The Bertz CT molecular complexity index is 1620. The second-order valence-electron chi connectivity index (χ2n) is 12.7. The molecule has 0 unspecified atom stereocenters. The summed E-state index contributed by atoms with van der Waals surface area (Å²) in [6.45, 7) is 5.33. The number of nitrogens with zero attached hydrogens (tertiary/aromatic N) is 1. The molecule has 0 radical (unpaired) electrons. The van der Waals surface area contributed by atoms with E-state index < -0.39 is 12.0 Å². The van der Waals surface area contributed by atoms with Crippen molar-refractivity contribution in [1.29, 1.82) is 0 Å². The van der Waals surface area contributed by atoms with E-state index in [9.17, 15) is 14.4 Å². The molecule has 8 heteroatoms. The fourth-order valence-corrected chi connectivity index (χ4v) is 6.63. The molecule has 4 rings (SSSR count). The molecule has 0 saturated carbocycles. The zero-order valence-corrected chi connectivity index (χ0v) is 29.4. The largest absolute Gasteiger partial charge is 0.467 e. The Morgan fingerprint density at radius 3 is 2.19 bits per heavy atom. The van der Waals surface area contributed by atoms with Crippen LogP contribution >= 0.6 is 11.8 Å². The van der Waals surface area contributed by atoms with E-state index in [2.05, 4.69) is 71.8 Å². The molecule has 4 aromatic carbocycles. The second-order valence-corrected chi connectivity index (χ2v) is 13.7. The summed E-state index contributed by atoms with van der Waals surface area (Å²) in [7, 11) is 1.34. The molecule has 0 fully saturated rings. The first-order valence-electron chi connectivity index (χ1n) is 16.7. The number of thioether (sulfide) groups is 1. The highest BCUT2D eigenvalue weighted by Gasteiger charge is 2.25. The SMILES string of the molecule is COC(=O)[C@H](CCSC)NC(=O)CN(Cc1cccc2ccccc12)C[C@H](CC(C)C)NC(=O)Cc1ccccc1Cc1ccccc1. The maximum Gasteiger partial charge on any atom is 0.328 e. The molecule has 48 heavy (non-hydrogen) atoms. The minimum Gasteiger partial charge on any atom is -0.467 e. The molecule has 0 aliphatic heterocycles. The third-order valence-electron chi connectivity index (χ3n) is 8.38. The van der Waals surface area contributed by atoms with Crippen LogP contribution in [0.4, 0.5) is 0 Å². The highest BCUT2D eigenvalue weighted by molar-refractivity contribution is 7.98. The van der Waals surface area contributed by atoms with Crippen molar-refractivity contribution < 1.29 is 19.1 Å². The van der Waals surface area contributed by atoms with Crippen molar-refractivity contribution in [2.45, 2.75) is 58.2 Å². The van der Waals surface area contributed by atoms with Gasteiger partial charge in [-0.2, -0.15) is 11.8 Å². The van der Waals surface area contributed by atoms with Crippen LogP contribution in [-0.2, 0) is 38.5 Å². The number of hydrogen-bond donors (Lipinski definition) is 2. The van der Waals surface area contributed by atoms with Gasteiger partial charge >= 0.3 is 5.97 Å². The summed E-state index contributed by atoms with van der Waals surface area (Å²) in [6.07, 6.45) is 4.24. The molecule has 0 saturated heterocycles. The summed E-state index contributed by atoms with van der Waals surface area (Å²) in [5.74, 6) is 0.297. The van der Waals surface area contributed by atoms with Crippen molar-refractivity contribution in [2.24, 2.45) is 5.92 Å². The van der Waals surface area contributed by atoms with Gasteiger partial charge in [-0.1, -0.05) is 111 Å². The molecular weight excluding hydrogens is 619 g/mol. The molecular formula is C40H49N3O4S. The number of carbonyl (C=O) groups excluding carboxylic acids is 3. The fraction of sp³-hybridized carbons (Fsp3) is 0.375. The van der Waals surface area contributed by atoms with Gasteiger partial charge in [0.1, 0.15) is 6.04 Å². The van der Waals surface area contributed by atoms with Gasteiger partial charge in [0.05, 0.1) is 20.1 Å².